The predicted molar refractivity (Wildman–Crippen MR) is 95.2 cm³/mol. The summed E-state index contributed by atoms with van der Waals surface area (Å²) in [5, 5.41) is 0. The number of morpholine rings is 1. The highest BCUT2D eigenvalue weighted by atomic mass is 19.4. The number of ether oxygens (including phenoxy) is 2. The third kappa shape index (κ3) is 4.29. The Morgan fingerprint density at radius 2 is 1.93 bits per heavy atom. The molecule has 7 heteroatoms. The van der Waals surface area contributed by atoms with E-state index in [1.165, 1.54) is 13.0 Å². The molecular formula is C20H24F3NO3. The van der Waals surface area contributed by atoms with E-state index >= 15 is 0 Å². The van der Waals surface area contributed by atoms with Crippen molar-refractivity contribution in [1.29, 1.82) is 0 Å². The summed E-state index contributed by atoms with van der Waals surface area (Å²) in [7, 11) is 0. The molecule has 2 unspecified atom stereocenters. The minimum Gasteiger partial charge on any atom is -0.444 e. The highest BCUT2D eigenvalue weighted by molar-refractivity contribution is 5.75. The fourth-order valence-electron chi connectivity index (χ4n) is 3.59. The maximum absolute atomic E-state index is 13.0. The maximum atomic E-state index is 13.0. The van der Waals surface area contributed by atoms with Gasteiger partial charge < -0.3 is 9.47 Å². The molecule has 2 aliphatic heterocycles. The smallest absolute Gasteiger partial charge is 0.416 e. The average Bonchev–Trinajstić information content (AvgIpc) is 2.50. The van der Waals surface area contributed by atoms with Crippen molar-refractivity contribution in [3.05, 3.63) is 41.0 Å². The van der Waals surface area contributed by atoms with Crippen molar-refractivity contribution in [1.82, 2.24) is 4.90 Å². The molecule has 27 heavy (non-hydrogen) atoms. The number of carbonyl (C=O) groups excluding carboxylic acids is 1. The van der Waals surface area contributed by atoms with Crippen molar-refractivity contribution in [3.63, 3.8) is 0 Å². The van der Waals surface area contributed by atoms with Gasteiger partial charge in [0.05, 0.1) is 30.9 Å². The van der Waals surface area contributed by atoms with Crippen molar-refractivity contribution in [2.24, 2.45) is 0 Å². The summed E-state index contributed by atoms with van der Waals surface area (Å²) in [5.74, 6) is 0. The topological polar surface area (TPSA) is 38.8 Å². The van der Waals surface area contributed by atoms with Crippen LogP contribution < -0.4 is 0 Å². The highest BCUT2D eigenvalue weighted by Gasteiger charge is 2.40. The van der Waals surface area contributed by atoms with Crippen LogP contribution in [0.5, 0.6) is 0 Å². The second-order valence-corrected chi connectivity index (χ2v) is 8.07. The summed E-state index contributed by atoms with van der Waals surface area (Å²) < 4.78 is 50.1. The molecule has 2 bridgehead atoms. The molecule has 1 aromatic carbocycles. The minimum atomic E-state index is -4.36. The molecule has 0 N–H and O–H groups in total. The SMILES string of the molecule is Cc1cc(C2=CC3COCC(C2)N3C(=O)OC(C)(C)C)ccc1C(F)(F)F. The molecule has 1 aromatic rings. The van der Waals surface area contributed by atoms with Gasteiger partial charge in [-0.2, -0.15) is 13.2 Å². The fraction of sp³-hybridized carbons (Fsp3) is 0.550. The Bertz CT molecular complexity index is 765. The van der Waals surface area contributed by atoms with Crippen molar-refractivity contribution in [3.8, 4) is 0 Å². The van der Waals surface area contributed by atoms with E-state index in [0.29, 0.717) is 19.6 Å². The molecule has 0 saturated carbocycles. The number of carbonyl (C=O) groups is 1. The van der Waals surface area contributed by atoms with Gasteiger partial charge in [-0.3, -0.25) is 4.90 Å². The molecule has 1 amide bonds. The number of nitrogens with zero attached hydrogens (tertiary/aromatic N) is 1. The molecule has 2 atom stereocenters. The van der Waals surface area contributed by atoms with Crippen LogP contribution in [0.1, 0.15) is 43.9 Å². The number of hydrogen-bond acceptors (Lipinski definition) is 3. The summed E-state index contributed by atoms with van der Waals surface area (Å²) >= 11 is 0. The van der Waals surface area contributed by atoms with Gasteiger partial charge in [0.15, 0.2) is 0 Å². The van der Waals surface area contributed by atoms with Crippen LogP contribution in [0.4, 0.5) is 18.0 Å². The number of amides is 1. The maximum Gasteiger partial charge on any atom is 0.416 e. The Kier molecular flexibility index (Phi) is 5.01. The van der Waals surface area contributed by atoms with Crippen molar-refractivity contribution >= 4 is 11.7 Å². The fourth-order valence-corrected chi connectivity index (χ4v) is 3.59. The summed E-state index contributed by atoms with van der Waals surface area (Å²) in [6.07, 6.45) is -2.33. The molecule has 0 spiro atoms. The Hall–Kier alpha value is -2.02. The Labute approximate surface area is 156 Å². The van der Waals surface area contributed by atoms with E-state index in [4.69, 9.17) is 9.47 Å². The molecule has 0 radical (unpaired) electrons. The lowest BCUT2D eigenvalue weighted by atomic mass is 9.89. The number of benzene rings is 1. The van der Waals surface area contributed by atoms with E-state index in [-0.39, 0.29) is 23.7 Å². The van der Waals surface area contributed by atoms with Gasteiger partial charge in [0.1, 0.15) is 5.60 Å². The summed E-state index contributed by atoms with van der Waals surface area (Å²) in [6, 6.07) is 3.71. The van der Waals surface area contributed by atoms with Crippen molar-refractivity contribution < 1.29 is 27.4 Å². The van der Waals surface area contributed by atoms with Crippen LogP contribution in [-0.4, -0.2) is 41.9 Å². The van der Waals surface area contributed by atoms with Crippen LogP contribution in [0.15, 0.2) is 24.3 Å². The summed E-state index contributed by atoms with van der Waals surface area (Å²) in [6.45, 7) is 7.63. The van der Waals surface area contributed by atoms with Crippen LogP contribution in [-0.2, 0) is 15.7 Å². The van der Waals surface area contributed by atoms with Gasteiger partial charge in [0.25, 0.3) is 0 Å². The molecule has 2 heterocycles. The monoisotopic (exact) mass is 383 g/mol. The van der Waals surface area contributed by atoms with Crippen LogP contribution in [0.2, 0.25) is 0 Å². The average molecular weight is 383 g/mol. The van der Waals surface area contributed by atoms with Crippen molar-refractivity contribution in [2.45, 2.75) is 58.0 Å². The van der Waals surface area contributed by atoms with Gasteiger partial charge in [0.2, 0.25) is 0 Å². The molecule has 2 aliphatic rings. The lowest BCUT2D eigenvalue weighted by molar-refractivity contribution is -0.138. The molecule has 1 saturated heterocycles. The first-order valence-electron chi connectivity index (χ1n) is 8.94. The number of hydrogen-bond donors (Lipinski definition) is 0. The van der Waals surface area contributed by atoms with E-state index in [1.54, 1.807) is 11.0 Å². The molecule has 0 aliphatic carbocycles. The van der Waals surface area contributed by atoms with Crippen LogP contribution in [0.3, 0.4) is 0 Å². The van der Waals surface area contributed by atoms with Crippen LogP contribution in [0.25, 0.3) is 5.57 Å². The van der Waals surface area contributed by atoms with E-state index < -0.39 is 17.3 Å². The molecule has 1 fully saturated rings. The first-order valence-corrected chi connectivity index (χ1v) is 8.94. The summed E-state index contributed by atoms with van der Waals surface area (Å²) in [5.41, 5.74) is 0.658. The highest BCUT2D eigenvalue weighted by Crippen LogP contribution is 2.37. The van der Waals surface area contributed by atoms with E-state index in [1.807, 2.05) is 26.8 Å². The molecule has 148 valence electrons. The lowest BCUT2D eigenvalue weighted by Gasteiger charge is -2.44. The third-order valence-corrected chi connectivity index (χ3v) is 4.71. The number of halogens is 3. The second kappa shape index (κ2) is 6.86. The zero-order valence-electron chi connectivity index (χ0n) is 15.9. The van der Waals surface area contributed by atoms with E-state index in [0.717, 1.165) is 17.2 Å². The first-order chi connectivity index (χ1) is 12.5. The number of alkyl halides is 3. The van der Waals surface area contributed by atoms with Gasteiger partial charge >= 0.3 is 12.3 Å². The van der Waals surface area contributed by atoms with Gasteiger partial charge in [-0.25, -0.2) is 4.79 Å². The van der Waals surface area contributed by atoms with Gasteiger partial charge in [-0.15, -0.1) is 0 Å². The van der Waals surface area contributed by atoms with E-state index in [9.17, 15) is 18.0 Å². The number of aryl methyl sites for hydroxylation is 1. The van der Waals surface area contributed by atoms with Gasteiger partial charge in [-0.1, -0.05) is 18.2 Å². The van der Waals surface area contributed by atoms with E-state index in [2.05, 4.69) is 0 Å². The van der Waals surface area contributed by atoms with Crippen LogP contribution in [0, 0.1) is 6.92 Å². The Morgan fingerprint density at radius 3 is 2.48 bits per heavy atom. The number of rotatable bonds is 1. The zero-order chi connectivity index (χ0) is 20.0. The second-order valence-electron chi connectivity index (χ2n) is 8.07. The molecular weight excluding hydrogens is 359 g/mol. The Morgan fingerprint density at radius 1 is 1.22 bits per heavy atom. The number of fused-ring (bicyclic) bond motifs is 2. The zero-order valence-corrected chi connectivity index (χ0v) is 15.9. The molecule has 0 aromatic heterocycles. The largest absolute Gasteiger partial charge is 0.444 e. The lowest BCUT2D eigenvalue weighted by Crippen LogP contribution is -2.57. The first kappa shape index (κ1) is 19.7. The Balaban J connectivity index is 1.88. The van der Waals surface area contributed by atoms with Crippen LogP contribution >= 0.6 is 0 Å². The quantitative estimate of drug-likeness (QED) is 0.699. The molecule has 4 nitrogen and oxygen atoms in total. The summed E-state index contributed by atoms with van der Waals surface area (Å²) in [4.78, 5) is 14.3. The minimum absolute atomic E-state index is 0.192. The van der Waals surface area contributed by atoms with Crippen molar-refractivity contribution in [2.75, 3.05) is 13.2 Å². The standard InChI is InChI=1S/C20H24F3NO3/c1-12-7-13(5-6-17(12)20(21,22)23)14-8-15-10-26-11-16(9-14)24(15)18(25)27-19(2,3)4/h5-8,15-16H,9-11H2,1-4H3. The van der Waals surface area contributed by atoms with Gasteiger partial charge in [-0.05, 0) is 56.9 Å². The molecule has 3 rings (SSSR count). The normalized spacial score (nSPS) is 23.1. The predicted octanol–water partition coefficient (Wildman–Crippen LogP) is 4.81. The van der Waals surface area contributed by atoms with Gasteiger partial charge in [0, 0.05) is 0 Å². The third-order valence-electron chi connectivity index (χ3n) is 4.71.